The molecule has 0 saturated carbocycles. The van der Waals surface area contributed by atoms with E-state index in [0.29, 0.717) is 5.69 Å². The third-order valence-corrected chi connectivity index (χ3v) is 3.34. The Kier molecular flexibility index (Phi) is 6.43. The SMILES string of the molecule is CSCCCCCNc1ccc(C(=O)O)cc1N. The number of nitrogen functional groups attached to an aromatic ring is 1. The number of hydrogen-bond donors (Lipinski definition) is 3. The van der Waals surface area contributed by atoms with Gasteiger partial charge in [0.25, 0.3) is 0 Å². The zero-order valence-electron chi connectivity index (χ0n) is 10.6. The van der Waals surface area contributed by atoms with E-state index in [0.717, 1.165) is 18.7 Å². The number of unbranched alkanes of at least 4 members (excludes halogenated alkanes) is 2. The molecule has 100 valence electrons. The van der Waals surface area contributed by atoms with Crippen LogP contribution in [0.1, 0.15) is 29.6 Å². The molecule has 0 unspecified atom stereocenters. The first-order valence-corrected chi connectivity index (χ1v) is 7.40. The highest BCUT2D eigenvalue weighted by molar-refractivity contribution is 7.98. The van der Waals surface area contributed by atoms with Gasteiger partial charge >= 0.3 is 5.97 Å². The molecule has 4 nitrogen and oxygen atoms in total. The van der Waals surface area contributed by atoms with Crippen molar-refractivity contribution in [2.24, 2.45) is 0 Å². The Morgan fingerprint density at radius 1 is 1.39 bits per heavy atom. The fraction of sp³-hybridized carbons (Fsp3) is 0.462. The first-order chi connectivity index (χ1) is 8.65. The van der Waals surface area contributed by atoms with Gasteiger partial charge in [-0.05, 0) is 43.0 Å². The van der Waals surface area contributed by atoms with Crippen LogP contribution in [0.15, 0.2) is 18.2 Å². The minimum atomic E-state index is -0.953. The Balaban J connectivity index is 2.36. The van der Waals surface area contributed by atoms with Crippen LogP contribution in [-0.2, 0) is 0 Å². The number of hydrogen-bond acceptors (Lipinski definition) is 4. The second-order valence-electron chi connectivity index (χ2n) is 4.09. The number of anilines is 2. The molecule has 0 aromatic heterocycles. The lowest BCUT2D eigenvalue weighted by atomic mass is 10.1. The summed E-state index contributed by atoms with van der Waals surface area (Å²) in [7, 11) is 0. The van der Waals surface area contributed by atoms with Gasteiger partial charge in [0.1, 0.15) is 0 Å². The Hall–Kier alpha value is -1.36. The van der Waals surface area contributed by atoms with Gasteiger partial charge in [-0.25, -0.2) is 4.79 Å². The predicted octanol–water partition coefficient (Wildman–Crippen LogP) is 2.91. The van der Waals surface area contributed by atoms with E-state index in [4.69, 9.17) is 10.8 Å². The number of rotatable bonds is 8. The molecule has 0 saturated heterocycles. The van der Waals surface area contributed by atoms with Crippen molar-refractivity contribution in [1.29, 1.82) is 0 Å². The van der Waals surface area contributed by atoms with E-state index in [2.05, 4.69) is 11.6 Å². The molecule has 0 bridgehead atoms. The van der Waals surface area contributed by atoms with Gasteiger partial charge in [0.2, 0.25) is 0 Å². The quantitative estimate of drug-likeness (QED) is 0.499. The van der Waals surface area contributed by atoms with Gasteiger partial charge in [-0.2, -0.15) is 11.8 Å². The molecular weight excluding hydrogens is 248 g/mol. The second kappa shape index (κ2) is 7.87. The molecular formula is C13H20N2O2S. The number of benzene rings is 1. The first kappa shape index (κ1) is 14.7. The molecule has 0 heterocycles. The molecule has 0 aliphatic carbocycles. The fourth-order valence-corrected chi connectivity index (χ4v) is 2.12. The highest BCUT2D eigenvalue weighted by Crippen LogP contribution is 2.20. The highest BCUT2D eigenvalue weighted by Gasteiger charge is 2.05. The van der Waals surface area contributed by atoms with Crippen LogP contribution in [0.4, 0.5) is 11.4 Å². The Morgan fingerprint density at radius 3 is 2.78 bits per heavy atom. The van der Waals surface area contributed by atoms with E-state index in [1.165, 1.54) is 24.7 Å². The van der Waals surface area contributed by atoms with E-state index in [1.54, 1.807) is 12.1 Å². The molecule has 0 fully saturated rings. The molecule has 0 aliphatic rings. The van der Waals surface area contributed by atoms with E-state index >= 15 is 0 Å². The lowest BCUT2D eigenvalue weighted by Crippen LogP contribution is -2.06. The van der Waals surface area contributed by atoms with Crippen molar-refractivity contribution in [3.63, 3.8) is 0 Å². The number of nitrogens with one attached hydrogen (secondary N) is 1. The van der Waals surface area contributed by atoms with Crippen LogP contribution in [0, 0.1) is 0 Å². The average Bonchev–Trinajstić information content (AvgIpc) is 2.35. The summed E-state index contributed by atoms with van der Waals surface area (Å²) in [5, 5.41) is 12.1. The summed E-state index contributed by atoms with van der Waals surface area (Å²) in [6.07, 6.45) is 5.64. The Morgan fingerprint density at radius 2 is 2.17 bits per heavy atom. The van der Waals surface area contributed by atoms with Crippen LogP contribution < -0.4 is 11.1 Å². The van der Waals surface area contributed by atoms with Crippen LogP contribution in [0.5, 0.6) is 0 Å². The topological polar surface area (TPSA) is 75.3 Å². The van der Waals surface area contributed by atoms with Crippen molar-refractivity contribution < 1.29 is 9.90 Å². The van der Waals surface area contributed by atoms with Crippen molar-refractivity contribution in [3.8, 4) is 0 Å². The van der Waals surface area contributed by atoms with E-state index < -0.39 is 5.97 Å². The number of carboxylic acid groups (broad SMARTS) is 1. The minimum absolute atomic E-state index is 0.220. The van der Waals surface area contributed by atoms with Gasteiger partial charge in [-0.15, -0.1) is 0 Å². The third-order valence-electron chi connectivity index (χ3n) is 2.64. The Bertz CT molecular complexity index is 397. The molecule has 0 radical (unpaired) electrons. The summed E-state index contributed by atoms with van der Waals surface area (Å²) in [6.45, 7) is 0.866. The molecule has 5 heteroatoms. The van der Waals surface area contributed by atoms with Crippen molar-refractivity contribution in [1.82, 2.24) is 0 Å². The Labute approximate surface area is 112 Å². The molecule has 0 amide bonds. The summed E-state index contributed by atoms with van der Waals surface area (Å²) < 4.78 is 0. The molecule has 1 aromatic carbocycles. The molecule has 0 aliphatic heterocycles. The second-order valence-corrected chi connectivity index (χ2v) is 5.07. The predicted molar refractivity (Wildman–Crippen MR) is 78.5 cm³/mol. The molecule has 4 N–H and O–H groups in total. The summed E-state index contributed by atoms with van der Waals surface area (Å²) in [5.74, 6) is 0.250. The summed E-state index contributed by atoms with van der Waals surface area (Å²) in [4.78, 5) is 10.7. The molecule has 18 heavy (non-hydrogen) atoms. The zero-order valence-corrected chi connectivity index (χ0v) is 11.4. The van der Waals surface area contributed by atoms with Gasteiger partial charge in [0.15, 0.2) is 0 Å². The maximum atomic E-state index is 10.7. The van der Waals surface area contributed by atoms with Crippen LogP contribution in [0.3, 0.4) is 0 Å². The van der Waals surface area contributed by atoms with Crippen LogP contribution in [0.2, 0.25) is 0 Å². The largest absolute Gasteiger partial charge is 0.478 e. The number of carbonyl (C=O) groups is 1. The molecule has 0 spiro atoms. The maximum absolute atomic E-state index is 10.7. The van der Waals surface area contributed by atoms with Crippen LogP contribution in [-0.4, -0.2) is 29.6 Å². The van der Waals surface area contributed by atoms with Crippen LogP contribution in [0.25, 0.3) is 0 Å². The lowest BCUT2D eigenvalue weighted by molar-refractivity contribution is 0.0697. The number of aromatic carboxylic acids is 1. The van der Waals surface area contributed by atoms with E-state index in [9.17, 15) is 4.79 Å². The standard InChI is InChI=1S/C13H20N2O2S/c1-18-8-4-2-3-7-15-12-6-5-10(13(16)17)9-11(12)14/h5-6,9,15H,2-4,7-8,14H2,1H3,(H,16,17). The number of thioether (sulfide) groups is 1. The average molecular weight is 268 g/mol. The smallest absolute Gasteiger partial charge is 0.335 e. The monoisotopic (exact) mass is 268 g/mol. The summed E-state index contributed by atoms with van der Waals surface area (Å²) in [6, 6.07) is 4.77. The molecule has 1 aromatic rings. The lowest BCUT2D eigenvalue weighted by Gasteiger charge is -2.09. The fourth-order valence-electron chi connectivity index (χ4n) is 1.63. The van der Waals surface area contributed by atoms with Crippen molar-refractivity contribution in [2.75, 3.05) is 29.6 Å². The highest BCUT2D eigenvalue weighted by atomic mass is 32.2. The third kappa shape index (κ3) is 4.87. The summed E-state index contributed by atoms with van der Waals surface area (Å²) in [5.41, 5.74) is 7.31. The normalized spacial score (nSPS) is 10.3. The van der Waals surface area contributed by atoms with Gasteiger partial charge in [0, 0.05) is 6.54 Å². The van der Waals surface area contributed by atoms with Gasteiger partial charge < -0.3 is 16.2 Å². The van der Waals surface area contributed by atoms with Gasteiger partial charge in [0.05, 0.1) is 16.9 Å². The van der Waals surface area contributed by atoms with E-state index in [-0.39, 0.29) is 5.56 Å². The zero-order chi connectivity index (χ0) is 13.4. The number of nitrogens with two attached hydrogens (primary N) is 1. The van der Waals surface area contributed by atoms with Crippen LogP contribution >= 0.6 is 11.8 Å². The van der Waals surface area contributed by atoms with Gasteiger partial charge in [-0.3, -0.25) is 0 Å². The molecule has 0 atom stereocenters. The minimum Gasteiger partial charge on any atom is -0.478 e. The van der Waals surface area contributed by atoms with Crippen molar-refractivity contribution in [3.05, 3.63) is 23.8 Å². The molecule has 1 rings (SSSR count). The maximum Gasteiger partial charge on any atom is 0.335 e. The van der Waals surface area contributed by atoms with Crippen molar-refractivity contribution >= 4 is 29.1 Å². The number of carboxylic acids is 1. The first-order valence-electron chi connectivity index (χ1n) is 6.00. The van der Waals surface area contributed by atoms with Crippen molar-refractivity contribution in [2.45, 2.75) is 19.3 Å². The van der Waals surface area contributed by atoms with Gasteiger partial charge in [-0.1, -0.05) is 6.42 Å². The van der Waals surface area contributed by atoms with E-state index in [1.807, 2.05) is 11.8 Å². The summed E-state index contributed by atoms with van der Waals surface area (Å²) >= 11 is 1.87.